The van der Waals surface area contributed by atoms with Gasteiger partial charge in [-0.15, -0.1) is 0 Å². The van der Waals surface area contributed by atoms with Gasteiger partial charge in [-0.25, -0.2) is 4.57 Å². The minimum absolute atomic E-state index is 0.604. The predicted octanol–water partition coefficient (Wildman–Crippen LogP) is 8.81. The lowest BCUT2D eigenvalue weighted by atomic mass is 9.87. The molecule has 1 nitrogen and oxygen atoms in total. The summed E-state index contributed by atoms with van der Waals surface area (Å²) in [6.45, 7) is 11.7. The zero-order valence-corrected chi connectivity index (χ0v) is 22.5. The van der Waals surface area contributed by atoms with Gasteiger partial charge in [0.15, 0.2) is 6.20 Å². The maximum Gasteiger partial charge on any atom is 0.222 e. The van der Waals surface area contributed by atoms with Gasteiger partial charge in [-0.05, 0) is 75.9 Å². The average Bonchev–Trinajstić information content (AvgIpc) is 2.82. The van der Waals surface area contributed by atoms with E-state index in [2.05, 4.69) is 107 Å². The van der Waals surface area contributed by atoms with E-state index in [-0.39, 0.29) is 0 Å². The lowest BCUT2D eigenvalue weighted by Crippen LogP contribution is -2.32. The molecule has 1 aromatic heterocycles. The first kappa shape index (κ1) is 22.6. The van der Waals surface area contributed by atoms with Gasteiger partial charge in [0.1, 0.15) is 7.05 Å². The Bertz CT molecular complexity index is 1640. The number of rotatable bonds is 4. The van der Waals surface area contributed by atoms with Gasteiger partial charge >= 0.3 is 0 Å². The van der Waals surface area contributed by atoms with Crippen molar-refractivity contribution in [2.45, 2.75) is 57.3 Å². The van der Waals surface area contributed by atoms with Gasteiger partial charge in [0.2, 0.25) is 5.69 Å². The molecule has 2 heterocycles. The topological polar surface area (TPSA) is 3.88 Å². The fourth-order valence-electron chi connectivity index (χ4n) is 6.15. The van der Waals surface area contributed by atoms with E-state index in [1.807, 2.05) is 11.8 Å². The summed E-state index contributed by atoms with van der Waals surface area (Å²) in [6, 6.07) is 20.7. The van der Waals surface area contributed by atoms with Crippen molar-refractivity contribution in [1.82, 2.24) is 0 Å². The SMILES string of the molecule is Cc1c2c(c(CC(C)C)c3ccccc13)Sc1cc3cccc(CC(C)C)c3c3cc[n+](C)c-2c13. The number of aryl methyl sites for hydroxylation is 2. The number of fused-ring (bicyclic) bond motifs is 5. The second-order valence-corrected chi connectivity index (χ2v) is 12.2. The Hall–Kier alpha value is -2.84. The lowest BCUT2D eigenvalue weighted by Gasteiger charge is -2.26. The van der Waals surface area contributed by atoms with E-state index in [9.17, 15) is 0 Å². The van der Waals surface area contributed by atoms with Crippen molar-refractivity contribution in [2.24, 2.45) is 18.9 Å². The van der Waals surface area contributed by atoms with E-state index in [0.29, 0.717) is 11.8 Å². The molecule has 0 N–H and O–H groups in total. The molecule has 1 aliphatic rings. The molecule has 0 bridgehead atoms. The van der Waals surface area contributed by atoms with Crippen molar-refractivity contribution in [2.75, 3.05) is 0 Å². The molecule has 5 aromatic rings. The van der Waals surface area contributed by atoms with Crippen LogP contribution in [-0.4, -0.2) is 0 Å². The van der Waals surface area contributed by atoms with Gasteiger partial charge in [-0.2, -0.15) is 0 Å². The Morgan fingerprint density at radius 1 is 0.800 bits per heavy atom. The van der Waals surface area contributed by atoms with Crippen LogP contribution in [0.2, 0.25) is 0 Å². The molecule has 0 fully saturated rings. The van der Waals surface area contributed by atoms with Crippen molar-refractivity contribution in [1.29, 1.82) is 0 Å². The summed E-state index contributed by atoms with van der Waals surface area (Å²) >= 11 is 2.00. The van der Waals surface area contributed by atoms with Gasteiger partial charge in [0.05, 0.1) is 10.9 Å². The molecule has 2 heteroatoms. The minimum Gasteiger partial charge on any atom is -0.200 e. The Morgan fingerprint density at radius 3 is 2.29 bits per heavy atom. The van der Waals surface area contributed by atoms with Crippen LogP contribution < -0.4 is 4.57 Å². The van der Waals surface area contributed by atoms with Crippen molar-refractivity contribution >= 4 is 44.1 Å². The second-order valence-electron chi connectivity index (χ2n) is 11.1. The summed E-state index contributed by atoms with van der Waals surface area (Å²) in [4.78, 5) is 2.86. The van der Waals surface area contributed by atoms with Gasteiger partial charge in [0, 0.05) is 21.2 Å². The van der Waals surface area contributed by atoms with Gasteiger partial charge < -0.3 is 0 Å². The monoisotopic (exact) mass is 476 g/mol. The quantitative estimate of drug-likeness (QED) is 0.182. The van der Waals surface area contributed by atoms with Crippen LogP contribution in [-0.2, 0) is 19.9 Å². The predicted molar refractivity (Wildman–Crippen MR) is 152 cm³/mol. The highest BCUT2D eigenvalue weighted by molar-refractivity contribution is 8.00. The van der Waals surface area contributed by atoms with Crippen molar-refractivity contribution < 1.29 is 4.57 Å². The van der Waals surface area contributed by atoms with E-state index in [4.69, 9.17) is 0 Å². The summed E-state index contributed by atoms with van der Waals surface area (Å²) in [6.07, 6.45) is 4.48. The Morgan fingerprint density at radius 2 is 1.54 bits per heavy atom. The van der Waals surface area contributed by atoms with Crippen LogP contribution in [0.1, 0.15) is 44.4 Å². The first-order chi connectivity index (χ1) is 16.8. The van der Waals surface area contributed by atoms with E-state index in [1.54, 1.807) is 0 Å². The molecule has 6 rings (SSSR count). The summed E-state index contributed by atoms with van der Waals surface area (Å²) in [7, 11) is 2.22. The number of hydrogen-bond donors (Lipinski definition) is 0. The highest BCUT2D eigenvalue weighted by atomic mass is 32.2. The molecule has 0 saturated carbocycles. The molecule has 0 radical (unpaired) electrons. The summed E-state index contributed by atoms with van der Waals surface area (Å²) in [5, 5.41) is 8.44. The number of aromatic nitrogens is 1. The third-order valence-corrected chi connectivity index (χ3v) is 8.73. The molecule has 1 aliphatic heterocycles. The molecule has 0 saturated heterocycles. The zero-order chi connectivity index (χ0) is 24.4. The molecule has 0 unspecified atom stereocenters. The standard InChI is InChI=1S/C33H34NS/c1-19(2)16-22-10-9-11-23-18-28-31-26(30(22)23)14-15-34(6)32(31)29-21(5)24-12-7-8-13-25(24)27(17-20(3)4)33(29)35-28/h7-15,18-20H,16-17H2,1-6H3/q+1. The van der Waals surface area contributed by atoms with Crippen LogP contribution >= 0.6 is 11.8 Å². The van der Waals surface area contributed by atoms with Crippen LogP contribution in [0.4, 0.5) is 0 Å². The van der Waals surface area contributed by atoms with Crippen molar-refractivity contribution in [3.8, 4) is 11.3 Å². The van der Waals surface area contributed by atoms with Gasteiger partial charge in [0.25, 0.3) is 0 Å². The van der Waals surface area contributed by atoms with Crippen LogP contribution in [0.15, 0.2) is 70.6 Å². The maximum absolute atomic E-state index is 2.46. The molecule has 35 heavy (non-hydrogen) atoms. The fraction of sp³-hybridized carbons (Fsp3) is 0.303. The molecule has 0 atom stereocenters. The van der Waals surface area contributed by atoms with Crippen LogP contribution in [0.5, 0.6) is 0 Å². The van der Waals surface area contributed by atoms with Crippen LogP contribution in [0, 0.1) is 18.8 Å². The van der Waals surface area contributed by atoms with Crippen molar-refractivity contribution in [3.05, 3.63) is 77.5 Å². The van der Waals surface area contributed by atoms with Gasteiger partial charge in [-0.3, -0.25) is 0 Å². The van der Waals surface area contributed by atoms with Crippen LogP contribution in [0.3, 0.4) is 0 Å². The Balaban J connectivity index is 1.79. The third kappa shape index (κ3) is 3.49. The zero-order valence-electron chi connectivity index (χ0n) is 21.7. The largest absolute Gasteiger partial charge is 0.222 e. The Kier molecular flexibility index (Phi) is 5.41. The molecular weight excluding hydrogens is 442 g/mol. The summed E-state index contributed by atoms with van der Waals surface area (Å²) in [5.74, 6) is 1.23. The fourth-order valence-corrected chi connectivity index (χ4v) is 7.53. The lowest BCUT2D eigenvalue weighted by molar-refractivity contribution is -0.659. The molecule has 0 aliphatic carbocycles. The molecule has 0 amide bonds. The summed E-state index contributed by atoms with van der Waals surface area (Å²) < 4.78 is 2.36. The number of pyridine rings is 1. The molecule has 176 valence electrons. The maximum atomic E-state index is 2.46. The second kappa shape index (κ2) is 8.38. The first-order valence-electron chi connectivity index (χ1n) is 12.9. The highest BCUT2D eigenvalue weighted by Crippen LogP contribution is 2.53. The highest BCUT2D eigenvalue weighted by Gasteiger charge is 2.32. The molecular formula is C33H34NS+. The van der Waals surface area contributed by atoms with E-state index in [1.165, 1.54) is 70.1 Å². The van der Waals surface area contributed by atoms with E-state index < -0.39 is 0 Å². The minimum atomic E-state index is 0.604. The normalized spacial score (nSPS) is 12.9. The first-order valence-corrected chi connectivity index (χ1v) is 13.8. The van der Waals surface area contributed by atoms with E-state index in [0.717, 1.165) is 12.8 Å². The van der Waals surface area contributed by atoms with Gasteiger partial charge in [-0.1, -0.05) is 81.9 Å². The molecule has 4 aromatic carbocycles. The van der Waals surface area contributed by atoms with Crippen LogP contribution in [0.25, 0.3) is 43.6 Å². The molecule has 0 spiro atoms. The summed E-state index contributed by atoms with van der Waals surface area (Å²) in [5.41, 5.74) is 7.19. The number of nitrogens with zero attached hydrogens (tertiary/aromatic N) is 1. The Labute approximate surface area is 213 Å². The number of hydrogen-bond acceptors (Lipinski definition) is 1. The van der Waals surface area contributed by atoms with E-state index >= 15 is 0 Å². The smallest absolute Gasteiger partial charge is 0.200 e. The average molecular weight is 477 g/mol. The third-order valence-electron chi connectivity index (χ3n) is 7.53. The van der Waals surface area contributed by atoms with Crippen molar-refractivity contribution in [3.63, 3.8) is 0 Å². The number of benzene rings is 4.